The van der Waals surface area contributed by atoms with E-state index in [1.165, 1.54) is 0 Å². The number of nitrogens with two attached hydrogens (primary N) is 1. The third-order valence-electron chi connectivity index (χ3n) is 4.55. The number of hydrogen-bond acceptors (Lipinski definition) is 5. The van der Waals surface area contributed by atoms with Crippen LogP contribution in [0.25, 0.3) is 0 Å². The van der Waals surface area contributed by atoms with Gasteiger partial charge in [-0.25, -0.2) is 0 Å². The molecule has 1 saturated carbocycles. The molecule has 2 aliphatic rings. The van der Waals surface area contributed by atoms with Crippen molar-refractivity contribution < 1.29 is 9.26 Å². The molecule has 0 amide bonds. The van der Waals surface area contributed by atoms with Gasteiger partial charge in [0.25, 0.3) is 0 Å². The average molecular weight is 285 g/mol. The van der Waals surface area contributed by atoms with Crippen LogP contribution in [0.2, 0.25) is 0 Å². The SMILES string of the molecule is N[C@H]1CC[C@@H](c2nc(C3CCOc4ccccc43)no2)C1. The topological polar surface area (TPSA) is 74.2 Å². The number of hydrogen-bond donors (Lipinski definition) is 1. The molecule has 2 N–H and O–H groups in total. The van der Waals surface area contributed by atoms with Crippen LogP contribution in [0.4, 0.5) is 0 Å². The molecule has 1 aromatic carbocycles. The van der Waals surface area contributed by atoms with E-state index in [1.807, 2.05) is 18.2 Å². The molecule has 2 heterocycles. The molecule has 3 atom stereocenters. The van der Waals surface area contributed by atoms with E-state index in [0.29, 0.717) is 12.5 Å². The summed E-state index contributed by atoms with van der Waals surface area (Å²) in [6, 6.07) is 8.37. The molecule has 2 aromatic rings. The Balaban J connectivity index is 1.62. The van der Waals surface area contributed by atoms with Gasteiger partial charge in [0.15, 0.2) is 5.82 Å². The van der Waals surface area contributed by atoms with E-state index in [4.69, 9.17) is 15.0 Å². The summed E-state index contributed by atoms with van der Waals surface area (Å²) in [7, 11) is 0. The zero-order valence-corrected chi connectivity index (χ0v) is 11.9. The van der Waals surface area contributed by atoms with Crippen molar-refractivity contribution in [3.63, 3.8) is 0 Å². The summed E-state index contributed by atoms with van der Waals surface area (Å²) in [6.07, 6.45) is 3.93. The van der Waals surface area contributed by atoms with Crippen molar-refractivity contribution >= 4 is 0 Å². The van der Waals surface area contributed by atoms with Crippen molar-refractivity contribution in [3.05, 3.63) is 41.5 Å². The second kappa shape index (κ2) is 5.15. The molecule has 1 aliphatic heterocycles. The first-order valence-corrected chi connectivity index (χ1v) is 7.62. The van der Waals surface area contributed by atoms with Gasteiger partial charge in [0.1, 0.15) is 5.75 Å². The van der Waals surface area contributed by atoms with Crippen molar-refractivity contribution in [2.75, 3.05) is 6.61 Å². The fraction of sp³-hybridized carbons (Fsp3) is 0.500. The minimum absolute atomic E-state index is 0.169. The molecular weight excluding hydrogens is 266 g/mol. The van der Waals surface area contributed by atoms with Crippen LogP contribution in [0.5, 0.6) is 5.75 Å². The number of benzene rings is 1. The zero-order chi connectivity index (χ0) is 14.2. The number of aromatic nitrogens is 2. The van der Waals surface area contributed by atoms with Crippen molar-refractivity contribution in [2.45, 2.75) is 43.6 Å². The lowest BCUT2D eigenvalue weighted by Gasteiger charge is -2.23. The first-order chi connectivity index (χ1) is 10.3. The highest BCUT2D eigenvalue weighted by Gasteiger charge is 2.31. The van der Waals surface area contributed by atoms with Crippen LogP contribution in [0.15, 0.2) is 28.8 Å². The summed E-state index contributed by atoms with van der Waals surface area (Å²) in [4.78, 5) is 4.66. The summed E-state index contributed by atoms with van der Waals surface area (Å²) in [6.45, 7) is 0.694. The van der Waals surface area contributed by atoms with Crippen molar-refractivity contribution in [1.82, 2.24) is 10.1 Å². The van der Waals surface area contributed by atoms with E-state index in [1.54, 1.807) is 0 Å². The normalized spacial score (nSPS) is 28.1. The standard InChI is InChI=1S/C16H19N3O2/c17-11-6-5-10(9-11)16-18-15(19-21-16)13-7-8-20-14-4-2-1-3-12(13)14/h1-4,10-11,13H,5-9,17H2/t10-,11+,13?/m1/s1. The van der Waals surface area contributed by atoms with Gasteiger partial charge in [-0.15, -0.1) is 0 Å². The van der Waals surface area contributed by atoms with Crippen molar-refractivity contribution in [2.24, 2.45) is 5.73 Å². The van der Waals surface area contributed by atoms with Gasteiger partial charge in [-0.1, -0.05) is 23.4 Å². The van der Waals surface area contributed by atoms with E-state index in [9.17, 15) is 0 Å². The maximum absolute atomic E-state index is 5.97. The fourth-order valence-corrected chi connectivity index (χ4v) is 3.41. The molecule has 21 heavy (non-hydrogen) atoms. The molecule has 5 nitrogen and oxygen atoms in total. The molecule has 1 unspecified atom stereocenters. The molecule has 1 aromatic heterocycles. The molecule has 0 saturated heterocycles. The second-order valence-corrected chi connectivity index (χ2v) is 5.99. The Hall–Kier alpha value is -1.88. The molecule has 110 valence electrons. The van der Waals surface area contributed by atoms with Crippen LogP contribution in [-0.2, 0) is 0 Å². The van der Waals surface area contributed by atoms with Crippen LogP contribution in [-0.4, -0.2) is 22.8 Å². The lowest BCUT2D eigenvalue weighted by atomic mass is 9.92. The summed E-state index contributed by atoms with van der Waals surface area (Å²) in [5.74, 6) is 2.96. The third kappa shape index (κ3) is 2.31. The minimum Gasteiger partial charge on any atom is -0.493 e. The largest absolute Gasteiger partial charge is 0.493 e. The van der Waals surface area contributed by atoms with Gasteiger partial charge < -0.3 is 15.0 Å². The average Bonchev–Trinajstić information content (AvgIpc) is 3.15. The monoisotopic (exact) mass is 285 g/mol. The summed E-state index contributed by atoms with van der Waals surface area (Å²) in [5, 5.41) is 4.23. The van der Waals surface area contributed by atoms with E-state index in [0.717, 1.165) is 48.7 Å². The maximum atomic E-state index is 5.97. The molecule has 5 heteroatoms. The molecule has 4 rings (SSSR count). The lowest BCUT2D eigenvalue weighted by molar-refractivity contribution is 0.272. The highest BCUT2D eigenvalue weighted by Crippen LogP contribution is 2.38. The van der Waals surface area contributed by atoms with Crippen LogP contribution in [0.1, 0.15) is 54.8 Å². The van der Waals surface area contributed by atoms with Gasteiger partial charge in [-0.2, -0.15) is 4.98 Å². The Morgan fingerprint density at radius 2 is 2.05 bits per heavy atom. The number of ether oxygens (including phenoxy) is 1. The third-order valence-corrected chi connectivity index (χ3v) is 4.55. The smallest absolute Gasteiger partial charge is 0.229 e. The molecule has 1 fully saturated rings. The maximum Gasteiger partial charge on any atom is 0.229 e. The van der Waals surface area contributed by atoms with Gasteiger partial charge in [0.05, 0.1) is 12.5 Å². The molecule has 0 spiro atoms. The minimum atomic E-state index is 0.169. The first-order valence-electron chi connectivity index (χ1n) is 7.62. The predicted molar refractivity (Wildman–Crippen MR) is 77.3 cm³/mol. The number of nitrogens with zero attached hydrogens (tertiary/aromatic N) is 2. The van der Waals surface area contributed by atoms with Gasteiger partial charge in [0.2, 0.25) is 5.89 Å². The Kier molecular flexibility index (Phi) is 3.15. The van der Waals surface area contributed by atoms with Gasteiger partial charge in [-0.3, -0.25) is 0 Å². The quantitative estimate of drug-likeness (QED) is 0.918. The van der Waals surface area contributed by atoms with E-state index in [2.05, 4.69) is 16.2 Å². The van der Waals surface area contributed by atoms with Crippen LogP contribution in [0, 0.1) is 0 Å². The zero-order valence-electron chi connectivity index (χ0n) is 11.9. The highest BCUT2D eigenvalue weighted by atomic mass is 16.5. The highest BCUT2D eigenvalue weighted by molar-refractivity contribution is 5.40. The molecule has 0 bridgehead atoms. The van der Waals surface area contributed by atoms with Gasteiger partial charge in [-0.05, 0) is 31.7 Å². The Morgan fingerprint density at radius 1 is 1.14 bits per heavy atom. The first kappa shape index (κ1) is 12.8. The number of fused-ring (bicyclic) bond motifs is 1. The number of para-hydroxylation sites is 1. The van der Waals surface area contributed by atoms with E-state index in [-0.39, 0.29) is 12.0 Å². The Bertz CT molecular complexity index is 640. The van der Waals surface area contributed by atoms with E-state index >= 15 is 0 Å². The number of rotatable bonds is 2. The molecule has 0 radical (unpaired) electrons. The van der Waals surface area contributed by atoms with E-state index < -0.39 is 0 Å². The van der Waals surface area contributed by atoms with Gasteiger partial charge in [0, 0.05) is 17.5 Å². The predicted octanol–water partition coefficient (Wildman–Crippen LogP) is 2.58. The fourth-order valence-electron chi connectivity index (χ4n) is 3.41. The van der Waals surface area contributed by atoms with Crippen molar-refractivity contribution in [1.29, 1.82) is 0 Å². The lowest BCUT2D eigenvalue weighted by Crippen LogP contribution is -2.16. The summed E-state index contributed by atoms with van der Waals surface area (Å²) in [5.41, 5.74) is 7.12. The van der Waals surface area contributed by atoms with Crippen LogP contribution in [0.3, 0.4) is 0 Å². The van der Waals surface area contributed by atoms with Crippen LogP contribution < -0.4 is 10.5 Å². The summed E-state index contributed by atoms with van der Waals surface area (Å²) >= 11 is 0. The summed E-state index contributed by atoms with van der Waals surface area (Å²) < 4.78 is 11.2. The second-order valence-electron chi connectivity index (χ2n) is 5.99. The Labute approximate surface area is 123 Å². The van der Waals surface area contributed by atoms with Gasteiger partial charge >= 0.3 is 0 Å². The van der Waals surface area contributed by atoms with Crippen LogP contribution >= 0.6 is 0 Å². The molecule has 1 aliphatic carbocycles. The Morgan fingerprint density at radius 3 is 2.90 bits per heavy atom. The molecular formula is C16H19N3O2. The van der Waals surface area contributed by atoms with Crippen molar-refractivity contribution in [3.8, 4) is 5.75 Å².